The third-order valence-corrected chi connectivity index (χ3v) is 2.91. The van der Waals surface area contributed by atoms with Crippen molar-refractivity contribution in [2.24, 2.45) is 0 Å². The van der Waals surface area contributed by atoms with Crippen LogP contribution < -0.4 is 4.74 Å². The topological polar surface area (TPSA) is 43.4 Å². The van der Waals surface area contributed by atoms with Crippen LogP contribution in [0.5, 0.6) is 5.75 Å². The first-order valence-corrected chi connectivity index (χ1v) is 6.15. The van der Waals surface area contributed by atoms with Gasteiger partial charge in [-0.25, -0.2) is 4.79 Å². The maximum Gasteiger partial charge on any atom is 0.344 e. The summed E-state index contributed by atoms with van der Waals surface area (Å²) in [5.41, 5.74) is 2.07. The number of para-hydroxylation sites is 1. The number of esters is 1. The molecule has 100 valence electrons. The Morgan fingerprint density at radius 3 is 2.50 bits per heavy atom. The van der Waals surface area contributed by atoms with Crippen LogP contribution in [-0.4, -0.2) is 12.3 Å². The number of benzene rings is 2. The van der Waals surface area contributed by atoms with Gasteiger partial charge in [-0.15, -0.1) is 0 Å². The molecule has 3 heteroatoms. The largest absolute Gasteiger partial charge is 0.423 e. The van der Waals surface area contributed by atoms with E-state index in [0.717, 1.165) is 5.56 Å². The van der Waals surface area contributed by atoms with Gasteiger partial charge in [-0.05, 0) is 36.2 Å². The molecule has 0 unspecified atom stereocenters. The van der Waals surface area contributed by atoms with E-state index in [1.54, 1.807) is 49.4 Å². The summed E-state index contributed by atoms with van der Waals surface area (Å²) in [6, 6.07) is 12.2. The van der Waals surface area contributed by atoms with E-state index in [-0.39, 0.29) is 5.56 Å². The van der Waals surface area contributed by atoms with Crippen LogP contribution >= 0.6 is 0 Å². The molecular weight excluding hydrogens is 252 g/mol. The second-order valence-corrected chi connectivity index (χ2v) is 4.33. The lowest BCUT2D eigenvalue weighted by Crippen LogP contribution is -2.13. The molecule has 0 spiro atoms. The fourth-order valence-electron chi connectivity index (χ4n) is 1.98. The third-order valence-electron chi connectivity index (χ3n) is 2.91. The summed E-state index contributed by atoms with van der Waals surface area (Å²) in [6.07, 6.45) is 2.29. The van der Waals surface area contributed by atoms with Crippen LogP contribution in [0.25, 0.3) is 6.08 Å². The molecule has 2 aromatic rings. The summed E-state index contributed by atoms with van der Waals surface area (Å²) in [5.74, 6) is -0.0899. The molecule has 0 bridgehead atoms. The van der Waals surface area contributed by atoms with Crippen molar-refractivity contribution >= 4 is 18.3 Å². The van der Waals surface area contributed by atoms with E-state index in [1.807, 2.05) is 6.07 Å². The van der Waals surface area contributed by atoms with E-state index in [2.05, 4.69) is 6.58 Å². The average molecular weight is 266 g/mol. The Balaban J connectivity index is 2.39. The van der Waals surface area contributed by atoms with E-state index in [4.69, 9.17) is 4.74 Å². The standard InChI is InChI=1S/C17H14O3/c1-3-13-9-12(2)16(14(10-13)11-18)17(19)20-15-7-5-4-6-8-15/h3-11H,1H2,2H3. The first-order valence-electron chi connectivity index (χ1n) is 6.15. The molecule has 2 rings (SSSR count). The molecule has 0 aliphatic heterocycles. The lowest BCUT2D eigenvalue weighted by Gasteiger charge is -2.10. The highest BCUT2D eigenvalue weighted by atomic mass is 16.5. The van der Waals surface area contributed by atoms with Crippen molar-refractivity contribution in [3.8, 4) is 5.75 Å². The number of aryl methyl sites for hydroxylation is 1. The normalized spacial score (nSPS) is 9.85. The van der Waals surface area contributed by atoms with Gasteiger partial charge in [0.05, 0.1) is 5.56 Å². The van der Waals surface area contributed by atoms with E-state index >= 15 is 0 Å². The zero-order chi connectivity index (χ0) is 14.5. The minimum absolute atomic E-state index is 0.287. The smallest absolute Gasteiger partial charge is 0.344 e. The predicted molar refractivity (Wildman–Crippen MR) is 78.1 cm³/mol. The van der Waals surface area contributed by atoms with Gasteiger partial charge in [-0.3, -0.25) is 4.79 Å². The minimum atomic E-state index is -0.536. The van der Waals surface area contributed by atoms with Gasteiger partial charge >= 0.3 is 5.97 Å². The lowest BCUT2D eigenvalue weighted by atomic mass is 9.99. The van der Waals surface area contributed by atoms with Crippen LogP contribution in [0.4, 0.5) is 0 Å². The van der Waals surface area contributed by atoms with Gasteiger partial charge in [-0.1, -0.05) is 36.9 Å². The van der Waals surface area contributed by atoms with Crippen molar-refractivity contribution in [3.63, 3.8) is 0 Å². The highest BCUT2D eigenvalue weighted by Gasteiger charge is 2.17. The molecule has 0 saturated heterocycles. The molecule has 20 heavy (non-hydrogen) atoms. The monoisotopic (exact) mass is 266 g/mol. The Hall–Kier alpha value is -2.68. The van der Waals surface area contributed by atoms with Crippen LogP contribution in [0, 0.1) is 6.92 Å². The second kappa shape index (κ2) is 5.97. The number of rotatable bonds is 4. The van der Waals surface area contributed by atoms with Gasteiger partial charge in [0.2, 0.25) is 0 Å². The highest BCUT2D eigenvalue weighted by Crippen LogP contribution is 2.20. The van der Waals surface area contributed by atoms with Crippen molar-refractivity contribution in [1.29, 1.82) is 0 Å². The Morgan fingerprint density at radius 2 is 1.90 bits per heavy atom. The maximum absolute atomic E-state index is 12.2. The van der Waals surface area contributed by atoms with Gasteiger partial charge in [-0.2, -0.15) is 0 Å². The van der Waals surface area contributed by atoms with Gasteiger partial charge in [0.1, 0.15) is 5.75 Å². The molecule has 0 aromatic heterocycles. The van der Waals surface area contributed by atoms with Crippen molar-refractivity contribution in [1.82, 2.24) is 0 Å². The second-order valence-electron chi connectivity index (χ2n) is 4.33. The molecule has 0 aliphatic carbocycles. The van der Waals surface area contributed by atoms with Gasteiger partial charge < -0.3 is 4.74 Å². The molecule has 0 heterocycles. The van der Waals surface area contributed by atoms with Crippen LogP contribution in [-0.2, 0) is 0 Å². The van der Waals surface area contributed by atoms with Crippen molar-refractivity contribution in [2.75, 3.05) is 0 Å². The maximum atomic E-state index is 12.2. The summed E-state index contributed by atoms with van der Waals surface area (Å²) in [7, 11) is 0. The number of hydrogen-bond acceptors (Lipinski definition) is 3. The first-order chi connectivity index (χ1) is 9.65. The van der Waals surface area contributed by atoms with Crippen LogP contribution in [0.3, 0.4) is 0 Å². The van der Waals surface area contributed by atoms with E-state index < -0.39 is 5.97 Å². The van der Waals surface area contributed by atoms with Gasteiger partial charge in [0, 0.05) is 5.56 Å². The summed E-state index contributed by atoms with van der Waals surface area (Å²) in [4.78, 5) is 23.4. The average Bonchev–Trinajstić information content (AvgIpc) is 2.47. The fourth-order valence-corrected chi connectivity index (χ4v) is 1.98. The third kappa shape index (κ3) is 2.83. The van der Waals surface area contributed by atoms with Crippen LogP contribution in [0.15, 0.2) is 49.0 Å². The molecule has 0 N–H and O–H groups in total. The number of ether oxygens (including phenoxy) is 1. The van der Waals surface area contributed by atoms with E-state index in [9.17, 15) is 9.59 Å². The summed E-state index contributed by atoms with van der Waals surface area (Å²) >= 11 is 0. The number of carbonyl (C=O) groups excluding carboxylic acids is 2. The van der Waals surface area contributed by atoms with Crippen molar-refractivity contribution in [3.05, 3.63) is 71.3 Å². The highest BCUT2D eigenvalue weighted by molar-refractivity contribution is 6.01. The zero-order valence-electron chi connectivity index (χ0n) is 11.1. The Labute approximate surface area is 117 Å². The lowest BCUT2D eigenvalue weighted by molar-refractivity contribution is 0.0731. The summed E-state index contributed by atoms with van der Waals surface area (Å²) < 4.78 is 5.27. The molecule has 0 amide bonds. The van der Waals surface area contributed by atoms with Crippen LogP contribution in [0.2, 0.25) is 0 Å². The minimum Gasteiger partial charge on any atom is -0.423 e. The molecule has 0 saturated carbocycles. The first kappa shape index (κ1) is 13.7. The number of hydrogen-bond donors (Lipinski definition) is 0. The summed E-state index contributed by atoms with van der Waals surface area (Å²) in [5, 5.41) is 0. The quantitative estimate of drug-likeness (QED) is 0.482. The van der Waals surface area contributed by atoms with Crippen LogP contribution in [0.1, 0.15) is 31.8 Å². The number of aldehydes is 1. The molecule has 0 aliphatic rings. The Bertz CT molecular complexity index is 657. The zero-order valence-corrected chi connectivity index (χ0v) is 11.1. The molecule has 3 nitrogen and oxygen atoms in total. The fraction of sp³-hybridized carbons (Fsp3) is 0.0588. The van der Waals surface area contributed by atoms with Gasteiger partial charge in [0.15, 0.2) is 6.29 Å². The van der Waals surface area contributed by atoms with E-state index in [1.165, 1.54) is 0 Å². The molecule has 0 fully saturated rings. The van der Waals surface area contributed by atoms with E-state index in [0.29, 0.717) is 23.2 Å². The van der Waals surface area contributed by atoms with Crippen molar-refractivity contribution in [2.45, 2.75) is 6.92 Å². The van der Waals surface area contributed by atoms with Gasteiger partial charge in [0.25, 0.3) is 0 Å². The van der Waals surface area contributed by atoms with Crippen molar-refractivity contribution < 1.29 is 14.3 Å². The SMILES string of the molecule is C=Cc1cc(C)c(C(=O)Oc2ccccc2)c(C=O)c1. The molecular formula is C17H14O3. The Kier molecular flexibility index (Phi) is 4.11. The molecule has 0 radical (unpaired) electrons. The molecule has 0 atom stereocenters. The summed E-state index contributed by atoms with van der Waals surface area (Å²) in [6.45, 7) is 5.42. The Morgan fingerprint density at radius 1 is 1.20 bits per heavy atom. The number of carbonyl (C=O) groups is 2. The molecule has 2 aromatic carbocycles. The predicted octanol–water partition coefficient (Wildman–Crippen LogP) is 3.67.